The maximum Gasteiger partial charge on any atom is 0.338 e. The summed E-state index contributed by atoms with van der Waals surface area (Å²) in [5.41, 5.74) is 5.78. The predicted octanol–water partition coefficient (Wildman–Crippen LogP) is 6.74. The van der Waals surface area contributed by atoms with Gasteiger partial charge in [0.2, 0.25) is 0 Å². The molecule has 0 fully saturated rings. The van der Waals surface area contributed by atoms with Crippen molar-refractivity contribution in [1.82, 2.24) is 9.47 Å². The summed E-state index contributed by atoms with van der Waals surface area (Å²) in [6.07, 6.45) is 6.66. The van der Waals surface area contributed by atoms with Crippen LogP contribution in [0.1, 0.15) is 63.4 Å². The number of anilines is 1. The minimum Gasteiger partial charge on any atom is -0.497 e. The molecule has 7 nitrogen and oxygen atoms in total. The Morgan fingerprint density at radius 1 is 1.00 bits per heavy atom. The number of benzene rings is 2. The Balaban J connectivity index is 1.40. The van der Waals surface area contributed by atoms with E-state index in [2.05, 4.69) is 28.2 Å². The molecule has 3 heterocycles. The van der Waals surface area contributed by atoms with Crippen LogP contribution in [0.5, 0.6) is 5.75 Å². The van der Waals surface area contributed by atoms with Gasteiger partial charge in [-0.25, -0.2) is 9.59 Å². The van der Waals surface area contributed by atoms with E-state index in [9.17, 15) is 9.59 Å². The molecule has 39 heavy (non-hydrogen) atoms. The third kappa shape index (κ3) is 4.69. The van der Waals surface area contributed by atoms with Gasteiger partial charge in [0, 0.05) is 22.3 Å². The van der Waals surface area contributed by atoms with E-state index >= 15 is 0 Å². The molecule has 200 valence electrons. The first-order chi connectivity index (χ1) is 19.1. The van der Waals surface area contributed by atoms with Crippen LogP contribution in [0, 0.1) is 0 Å². The number of rotatable bonds is 5. The summed E-state index contributed by atoms with van der Waals surface area (Å²) < 4.78 is 12.8. The topological polar surface area (TPSA) is 72.8 Å². The number of thiophene rings is 1. The average Bonchev–Trinajstić information content (AvgIpc) is 3.55. The lowest BCUT2D eigenvalue weighted by molar-refractivity contribution is 0.0526. The van der Waals surface area contributed by atoms with Crippen molar-refractivity contribution in [3.63, 3.8) is 0 Å². The average molecular weight is 542 g/mol. The molecule has 4 aromatic rings. The van der Waals surface area contributed by atoms with Crippen molar-refractivity contribution in [3.8, 4) is 10.8 Å². The zero-order chi connectivity index (χ0) is 26.9. The largest absolute Gasteiger partial charge is 0.497 e. The van der Waals surface area contributed by atoms with E-state index in [-0.39, 0.29) is 18.0 Å². The quantitative estimate of drug-likeness (QED) is 0.284. The van der Waals surface area contributed by atoms with Crippen LogP contribution < -0.4 is 10.1 Å². The van der Waals surface area contributed by atoms with Gasteiger partial charge < -0.3 is 24.3 Å². The fourth-order valence-electron chi connectivity index (χ4n) is 5.62. The second-order valence-electron chi connectivity index (χ2n) is 9.83. The van der Waals surface area contributed by atoms with Crippen LogP contribution in [0.25, 0.3) is 5.00 Å². The number of aromatic nitrogens is 1. The van der Waals surface area contributed by atoms with Gasteiger partial charge in [-0.15, -0.1) is 11.3 Å². The molecule has 0 bridgehead atoms. The van der Waals surface area contributed by atoms with E-state index in [1.54, 1.807) is 38.3 Å². The number of carbonyl (C=O) groups excluding carboxylic acids is 2. The highest BCUT2D eigenvalue weighted by atomic mass is 32.1. The van der Waals surface area contributed by atoms with Crippen molar-refractivity contribution in [1.29, 1.82) is 0 Å². The Bertz CT molecular complexity index is 1500. The number of hydrogen-bond donors (Lipinski definition) is 1. The Kier molecular flexibility index (Phi) is 6.87. The van der Waals surface area contributed by atoms with Crippen LogP contribution in [0.2, 0.25) is 0 Å². The van der Waals surface area contributed by atoms with Crippen molar-refractivity contribution in [3.05, 3.63) is 99.7 Å². The number of urea groups is 1. The zero-order valence-corrected chi connectivity index (χ0v) is 22.9. The Labute approximate surface area is 232 Å². The third-order valence-electron chi connectivity index (χ3n) is 7.52. The van der Waals surface area contributed by atoms with Gasteiger partial charge in [0.15, 0.2) is 0 Å². The van der Waals surface area contributed by atoms with Crippen molar-refractivity contribution >= 4 is 29.0 Å². The first-order valence-corrected chi connectivity index (χ1v) is 14.2. The summed E-state index contributed by atoms with van der Waals surface area (Å²) >= 11 is 1.87. The van der Waals surface area contributed by atoms with E-state index in [0.717, 1.165) is 29.8 Å². The number of nitrogens with one attached hydrogen (secondary N) is 1. The van der Waals surface area contributed by atoms with E-state index in [0.29, 0.717) is 24.4 Å². The van der Waals surface area contributed by atoms with Crippen molar-refractivity contribution in [2.45, 2.75) is 45.2 Å². The van der Waals surface area contributed by atoms with Crippen LogP contribution >= 0.6 is 11.3 Å². The molecule has 6 rings (SSSR count). The SMILES string of the molecule is CCOC(=O)c1ccc(NC(=O)N2Cc3c(sc4c3CCCC4)-n3cccc3C2c2ccc(OC)cc2)cc1. The molecule has 2 aromatic carbocycles. The lowest BCUT2D eigenvalue weighted by atomic mass is 9.95. The number of nitrogens with zero attached hydrogens (tertiary/aromatic N) is 2. The predicted molar refractivity (Wildman–Crippen MR) is 152 cm³/mol. The molecule has 2 aliphatic rings. The maximum atomic E-state index is 14.1. The van der Waals surface area contributed by atoms with Gasteiger partial charge in [-0.3, -0.25) is 0 Å². The first kappa shape index (κ1) is 25.2. The fraction of sp³-hybridized carbons (Fsp3) is 0.290. The van der Waals surface area contributed by atoms with Gasteiger partial charge in [-0.1, -0.05) is 12.1 Å². The number of carbonyl (C=O) groups is 2. The summed E-state index contributed by atoms with van der Waals surface area (Å²) in [6, 6.07) is 18.4. The molecule has 1 N–H and O–H groups in total. The van der Waals surface area contributed by atoms with E-state index in [4.69, 9.17) is 9.47 Å². The van der Waals surface area contributed by atoms with Crippen LogP contribution in [-0.2, 0) is 24.1 Å². The Hall–Kier alpha value is -4.04. The van der Waals surface area contributed by atoms with Gasteiger partial charge in [0.05, 0.1) is 37.6 Å². The van der Waals surface area contributed by atoms with Crippen molar-refractivity contribution in [2.24, 2.45) is 0 Å². The van der Waals surface area contributed by atoms with Crippen molar-refractivity contribution < 1.29 is 19.1 Å². The smallest absolute Gasteiger partial charge is 0.338 e. The lowest BCUT2D eigenvalue weighted by Crippen LogP contribution is -2.38. The fourth-order valence-corrected chi connectivity index (χ4v) is 7.03. The van der Waals surface area contributed by atoms with Crippen LogP contribution in [0.3, 0.4) is 0 Å². The molecule has 8 heteroatoms. The number of fused-ring (bicyclic) bond motifs is 5. The third-order valence-corrected chi connectivity index (χ3v) is 8.85. The summed E-state index contributed by atoms with van der Waals surface area (Å²) in [5.74, 6) is 0.395. The number of amides is 2. The normalized spacial score (nSPS) is 15.9. The number of methoxy groups -OCH3 is 1. The van der Waals surface area contributed by atoms with E-state index < -0.39 is 0 Å². The molecule has 0 saturated carbocycles. The van der Waals surface area contributed by atoms with Crippen LogP contribution in [0.15, 0.2) is 66.9 Å². The lowest BCUT2D eigenvalue weighted by Gasteiger charge is -2.31. The van der Waals surface area contributed by atoms with E-state index in [1.807, 2.05) is 40.5 Å². The standard InChI is InChI=1S/C31H31N3O4S/c1-3-38-30(35)21-10-14-22(15-11-21)32-31(36)34-19-25-24-7-4-5-9-27(24)39-29(25)33-18-6-8-26(33)28(34)20-12-16-23(37-2)17-13-20/h6,8,10-18,28H,3-5,7,9,19H2,1-2H3,(H,32,36). The van der Waals surface area contributed by atoms with Gasteiger partial charge in [-0.05, 0) is 92.3 Å². The second-order valence-corrected chi connectivity index (χ2v) is 10.9. The molecular weight excluding hydrogens is 510 g/mol. The molecule has 2 amide bonds. The first-order valence-electron chi connectivity index (χ1n) is 13.4. The number of esters is 1. The molecule has 0 saturated heterocycles. The number of ether oxygens (including phenoxy) is 2. The zero-order valence-electron chi connectivity index (χ0n) is 22.1. The minimum atomic E-state index is -0.377. The van der Waals surface area contributed by atoms with Crippen molar-refractivity contribution in [2.75, 3.05) is 19.0 Å². The second kappa shape index (κ2) is 10.6. The molecule has 0 radical (unpaired) electrons. The highest BCUT2D eigenvalue weighted by Crippen LogP contribution is 2.44. The minimum absolute atomic E-state index is 0.198. The summed E-state index contributed by atoms with van der Waals surface area (Å²) in [4.78, 5) is 29.5. The summed E-state index contributed by atoms with van der Waals surface area (Å²) in [5, 5.41) is 4.31. The summed E-state index contributed by atoms with van der Waals surface area (Å²) in [6.45, 7) is 2.60. The molecule has 1 aliphatic heterocycles. The molecular formula is C31H31N3O4S. The van der Waals surface area contributed by atoms with Crippen LogP contribution in [-0.4, -0.2) is 35.2 Å². The Morgan fingerprint density at radius 3 is 2.51 bits per heavy atom. The molecule has 0 spiro atoms. The van der Waals surface area contributed by atoms with Crippen LogP contribution in [0.4, 0.5) is 10.5 Å². The molecule has 1 unspecified atom stereocenters. The monoisotopic (exact) mass is 541 g/mol. The Morgan fingerprint density at radius 2 is 1.77 bits per heavy atom. The number of hydrogen-bond acceptors (Lipinski definition) is 5. The number of aryl methyl sites for hydroxylation is 1. The molecule has 2 aromatic heterocycles. The summed E-state index contributed by atoms with van der Waals surface area (Å²) in [7, 11) is 1.65. The van der Waals surface area contributed by atoms with E-state index in [1.165, 1.54) is 33.8 Å². The highest BCUT2D eigenvalue weighted by Gasteiger charge is 2.36. The maximum absolute atomic E-state index is 14.1. The molecule has 1 atom stereocenters. The molecule has 1 aliphatic carbocycles. The van der Waals surface area contributed by atoms with Gasteiger partial charge >= 0.3 is 12.0 Å². The van der Waals surface area contributed by atoms with Gasteiger partial charge in [0.1, 0.15) is 10.8 Å². The van der Waals surface area contributed by atoms with Gasteiger partial charge in [-0.2, -0.15) is 0 Å². The van der Waals surface area contributed by atoms with Gasteiger partial charge in [0.25, 0.3) is 0 Å². The highest BCUT2D eigenvalue weighted by molar-refractivity contribution is 7.15.